The van der Waals surface area contributed by atoms with Crippen molar-refractivity contribution < 1.29 is 10.2 Å². The molecule has 8 unspecified atom stereocenters. The predicted octanol–water partition coefficient (Wildman–Crippen LogP) is 5.97. The van der Waals surface area contributed by atoms with Crippen LogP contribution in [0.4, 0.5) is 0 Å². The van der Waals surface area contributed by atoms with Crippen molar-refractivity contribution in [1.82, 2.24) is 0 Å². The second kappa shape index (κ2) is 7.73. The van der Waals surface area contributed by atoms with Crippen molar-refractivity contribution in [1.29, 1.82) is 0 Å². The third-order valence-corrected chi connectivity index (χ3v) is 10.5. The molecule has 0 aromatic rings. The van der Waals surface area contributed by atoms with E-state index < -0.39 is 0 Å². The van der Waals surface area contributed by atoms with Gasteiger partial charge in [-0.3, -0.25) is 0 Å². The van der Waals surface area contributed by atoms with Crippen LogP contribution in [0.1, 0.15) is 91.9 Å². The minimum atomic E-state index is -0.206. The van der Waals surface area contributed by atoms with E-state index in [1.807, 2.05) is 0 Å². The molecule has 0 spiro atoms. The molecule has 2 N–H and O–H groups in total. The summed E-state index contributed by atoms with van der Waals surface area (Å²) in [5.74, 6) is 3.94. The Balaban J connectivity index is 1.65. The summed E-state index contributed by atoms with van der Waals surface area (Å²) in [6.45, 7) is 10.1. The predicted molar refractivity (Wildman–Crippen MR) is 116 cm³/mol. The van der Waals surface area contributed by atoms with Gasteiger partial charge in [0.25, 0.3) is 0 Å². The third kappa shape index (κ3) is 2.96. The zero-order valence-corrected chi connectivity index (χ0v) is 18.8. The van der Waals surface area contributed by atoms with Crippen molar-refractivity contribution in [3.8, 4) is 0 Å². The van der Waals surface area contributed by atoms with Crippen LogP contribution in [-0.4, -0.2) is 22.9 Å². The van der Waals surface area contributed by atoms with Crippen LogP contribution >= 0.6 is 0 Å². The van der Waals surface area contributed by atoms with Gasteiger partial charge in [0.05, 0.1) is 6.10 Å². The first kappa shape index (κ1) is 20.9. The monoisotopic (exact) mass is 388 g/mol. The van der Waals surface area contributed by atoms with Crippen LogP contribution in [0.5, 0.6) is 0 Å². The molecular formula is C26H44O2. The quantitative estimate of drug-likeness (QED) is 0.582. The van der Waals surface area contributed by atoms with E-state index in [2.05, 4.69) is 33.8 Å². The molecule has 160 valence electrons. The van der Waals surface area contributed by atoms with Gasteiger partial charge < -0.3 is 10.2 Å². The first-order valence-corrected chi connectivity index (χ1v) is 12.3. The molecule has 0 bridgehead atoms. The van der Waals surface area contributed by atoms with Crippen molar-refractivity contribution in [2.45, 2.75) is 98.0 Å². The number of allylic oxidation sites excluding steroid dienone is 1. The minimum Gasteiger partial charge on any atom is -0.396 e. The highest BCUT2D eigenvalue weighted by atomic mass is 16.3. The van der Waals surface area contributed by atoms with E-state index in [0.717, 1.165) is 18.8 Å². The summed E-state index contributed by atoms with van der Waals surface area (Å²) in [4.78, 5) is 0. The van der Waals surface area contributed by atoms with Crippen molar-refractivity contribution in [3.05, 3.63) is 11.6 Å². The summed E-state index contributed by atoms with van der Waals surface area (Å²) in [6, 6.07) is 0. The van der Waals surface area contributed by atoms with Gasteiger partial charge in [-0.05, 0) is 110 Å². The lowest BCUT2D eigenvalue weighted by molar-refractivity contribution is -0.137. The van der Waals surface area contributed by atoms with Gasteiger partial charge in [0.2, 0.25) is 0 Å². The lowest BCUT2D eigenvalue weighted by Gasteiger charge is -2.63. The Morgan fingerprint density at radius 1 is 1.04 bits per heavy atom. The van der Waals surface area contributed by atoms with Gasteiger partial charge in [-0.15, -0.1) is 0 Å². The smallest absolute Gasteiger partial charge is 0.0786 e. The number of rotatable bonds is 4. The van der Waals surface area contributed by atoms with E-state index in [4.69, 9.17) is 0 Å². The molecule has 0 heterocycles. The maximum absolute atomic E-state index is 11.6. The van der Waals surface area contributed by atoms with Gasteiger partial charge in [0.15, 0.2) is 0 Å². The Morgan fingerprint density at radius 3 is 2.50 bits per heavy atom. The highest BCUT2D eigenvalue weighted by Crippen LogP contribution is 2.69. The zero-order valence-electron chi connectivity index (χ0n) is 18.8. The molecule has 4 rings (SSSR count). The van der Waals surface area contributed by atoms with Crippen LogP contribution < -0.4 is 0 Å². The lowest BCUT2D eigenvalue weighted by Crippen LogP contribution is -2.58. The van der Waals surface area contributed by atoms with Crippen LogP contribution in [0, 0.1) is 46.3 Å². The summed E-state index contributed by atoms with van der Waals surface area (Å²) < 4.78 is 0. The standard InChI is InChI=1S/C26H44O2/c1-5-18-20-10-6-7-14-25(20,3)22-13-15-26(4)19(17(2)9-8-16-27)11-12-21(26)23(22)24(18)28/h5,17,19-24,27-28H,6-16H2,1-4H3/b18-5+/t17-,19?,20?,21?,22?,23?,24?,25?,26?/m1/s1. The molecule has 2 nitrogen and oxygen atoms in total. The molecular weight excluding hydrogens is 344 g/mol. The molecule has 0 saturated heterocycles. The van der Waals surface area contributed by atoms with Gasteiger partial charge in [-0.1, -0.05) is 39.7 Å². The first-order valence-electron chi connectivity index (χ1n) is 12.3. The third-order valence-electron chi connectivity index (χ3n) is 10.5. The summed E-state index contributed by atoms with van der Waals surface area (Å²) >= 11 is 0. The zero-order chi connectivity index (χ0) is 20.1. The molecule has 0 radical (unpaired) electrons. The van der Waals surface area contributed by atoms with Crippen molar-refractivity contribution >= 4 is 0 Å². The topological polar surface area (TPSA) is 40.5 Å². The van der Waals surface area contributed by atoms with E-state index in [-0.39, 0.29) is 6.10 Å². The molecule has 0 aromatic heterocycles. The summed E-state index contributed by atoms with van der Waals surface area (Å²) in [5.41, 5.74) is 2.18. The van der Waals surface area contributed by atoms with Crippen molar-refractivity contribution in [2.24, 2.45) is 46.3 Å². The van der Waals surface area contributed by atoms with E-state index in [0.29, 0.717) is 47.0 Å². The molecule has 0 aliphatic heterocycles. The van der Waals surface area contributed by atoms with Crippen LogP contribution in [0.15, 0.2) is 11.6 Å². The van der Waals surface area contributed by atoms with Crippen molar-refractivity contribution in [3.63, 3.8) is 0 Å². The van der Waals surface area contributed by atoms with E-state index >= 15 is 0 Å². The van der Waals surface area contributed by atoms with Gasteiger partial charge >= 0.3 is 0 Å². The average Bonchev–Trinajstić information content (AvgIpc) is 3.04. The van der Waals surface area contributed by atoms with E-state index in [1.54, 1.807) is 0 Å². The van der Waals surface area contributed by atoms with Gasteiger partial charge in [0, 0.05) is 6.61 Å². The van der Waals surface area contributed by atoms with Crippen LogP contribution in [0.25, 0.3) is 0 Å². The fourth-order valence-electron chi connectivity index (χ4n) is 9.14. The molecule has 4 fully saturated rings. The summed E-state index contributed by atoms with van der Waals surface area (Å²) in [5, 5.41) is 20.9. The molecule has 28 heavy (non-hydrogen) atoms. The maximum Gasteiger partial charge on any atom is 0.0786 e. The normalized spacial score (nSPS) is 50.7. The SMILES string of the molecule is C/C=C1/C(O)C2C(CCC3(C)C2CCC3[C@H](C)CCCO)C2(C)CCCCC12. The molecule has 4 aliphatic carbocycles. The fraction of sp³-hybridized carbons (Fsp3) is 0.923. The molecule has 0 aromatic carbocycles. The number of fused-ring (bicyclic) bond motifs is 5. The maximum atomic E-state index is 11.6. The highest BCUT2D eigenvalue weighted by molar-refractivity contribution is 5.26. The largest absolute Gasteiger partial charge is 0.396 e. The Bertz CT molecular complexity index is 597. The number of hydrogen-bond acceptors (Lipinski definition) is 2. The second-order valence-corrected chi connectivity index (χ2v) is 11.4. The van der Waals surface area contributed by atoms with Gasteiger partial charge in [0.1, 0.15) is 0 Å². The fourth-order valence-corrected chi connectivity index (χ4v) is 9.14. The Hall–Kier alpha value is -0.340. The van der Waals surface area contributed by atoms with Crippen LogP contribution in [0.3, 0.4) is 0 Å². The molecule has 9 atom stereocenters. The number of aliphatic hydroxyl groups excluding tert-OH is 2. The Kier molecular flexibility index (Phi) is 5.77. The summed E-state index contributed by atoms with van der Waals surface area (Å²) in [6.07, 6.45) is 14.9. The van der Waals surface area contributed by atoms with Gasteiger partial charge in [-0.25, -0.2) is 0 Å². The Morgan fingerprint density at radius 2 is 1.79 bits per heavy atom. The number of hydrogen-bond donors (Lipinski definition) is 2. The molecule has 4 aliphatic rings. The van der Waals surface area contributed by atoms with Crippen LogP contribution in [-0.2, 0) is 0 Å². The molecule has 4 saturated carbocycles. The first-order chi connectivity index (χ1) is 13.4. The molecule has 2 heteroatoms. The van der Waals surface area contributed by atoms with E-state index in [1.165, 1.54) is 56.9 Å². The highest BCUT2D eigenvalue weighted by Gasteiger charge is 2.63. The van der Waals surface area contributed by atoms with E-state index in [9.17, 15) is 10.2 Å². The summed E-state index contributed by atoms with van der Waals surface area (Å²) in [7, 11) is 0. The molecule has 0 amide bonds. The second-order valence-electron chi connectivity index (χ2n) is 11.4. The van der Waals surface area contributed by atoms with Gasteiger partial charge in [-0.2, -0.15) is 0 Å². The minimum absolute atomic E-state index is 0.206. The van der Waals surface area contributed by atoms with Crippen LogP contribution in [0.2, 0.25) is 0 Å². The van der Waals surface area contributed by atoms with Crippen molar-refractivity contribution in [2.75, 3.05) is 6.61 Å². The Labute approximate surface area is 173 Å². The number of aliphatic hydroxyl groups is 2. The average molecular weight is 389 g/mol. The lowest BCUT2D eigenvalue weighted by atomic mass is 9.43.